The summed E-state index contributed by atoms with van der Waals surface area (Å²) in [5, 5.41) is 47.6. The minimum Gasteiger partial charge on any atom is -0.480 e. The van der Waals surface area contributed by atoms with Crippen LogP contribution >= 0.6 is 0 Å². The number of amides is 2. The first-order valence-electron chi connectivity index (χ1n) is 9.61. The van der Waals surface area contributed by atoms with E-state index in [1.165, 1.54) is 6.07 Å². The number of carboxylic acids is 1. The molecule has 2 aromatic rings. The van der Waals surface area contributed by atoms with Crippen molar-refractivity contribution in [2.45, 2.75) is 6.42 Å². The third kappa shape index (κ3) is 7.08. The van der Waals surface area contributed by atoms with Crippen LogP contribution in [0.2, 0.25) is 0 Å². The van der Waals surface area contributed by atoms with Gasteiger partial charge in [-0.1, -0.05) is 12.1 Å². The summed E-state index contributed by atoms with van der Waals surface area (Å²) in [6, 6.07) is 5.93. The van der Waals surface area contributed by atoms with Crippen LogP contribution in [0, 0.1) is 11.6 Å². The van der Waals surface area contributed by atoms with E-state index in [4.69, 9.17) is 25.2 Å². The predicted molar refractivity (Wildman–Crippen MR) is 113 cm³/mol. The van der Waals surface area contributed by atoms with Crippen LogP contribution in [0.1, 0.15) is 27.1 Å². The van der Waals surface area contributed by atoms with Gasteiger partial charge in [0.2, 0.25) is 0 Å². The first kappa shape index (κ1) is 25.9. The third-order valence-corrected chi connectivity index (χ3v) is 4.57. The molecule has 174 valence electrons. The number of benzene rings is 2. The minimum atomic E-state index is -2.08. The van der Waals surface area contributed by atoms with Gasteiger partial charge in [-0.2, -0.15) is 0 Å². The maximum absolute atomic E-state index is 13.9. The second-order valence-corrected chi connectivity index (χ2v) is 6.95. The number of nitrogens with zero attached hydrogens (tertiary/aromatic N) is 1. The zero-order valence-corrected chi connectivity index (χ0v) is 17.1. The molecule has 0 bridgehead atoms. The van der Waals surface area contributed by atoms with Crippen LogP contribution in [0.3, 0.4) is 0 Å². The highest BCUT2D eigenvalue weighted by Crippen LogP contribution is 2.08. The van der Waals surface area contributed by atoms with Crippen molar-refractivity contribution >= 4 is 42.9 Å². The maximum atomic E-state index is 13.9. The first-order chi connectivity index (χ1) is 15.5. The van der Waals surface area contributed by atoms with Gasteiger partial charge >= 0.3 is 20.2 Å². The molecule has 14 heteroatoms. The van der Waals surface area contributed by atoms with Crippen LogP contribution in [0.15, 0.2) is 36.4 Å². The number of hydrogen-bond acceptors (Lipinski definition) is 7. The Kier molecular flexibility index (Phi) is 9.05. The zero-order chi connectivity index (χ0) is 24.7. The molecule has 0 heterocycles. The molecule has 0 radical (unpaired) electrons. The van der Waals surface area contributed by atoms with Crippen molar-refractivity contribution in [1.29, 1.82) is 0 Å². The van der Waals surface area contributed by atoms with E-state index in [1.54, 1.807) is 0 Å². The van der Waals surface area contributed by atoms with Gasteiger partial charge in [-0.05, 0) is 30.7 Å². The number of aliphatic carboxylic acids is 1. The molecule has 0 aliphatic rings. The summed E-state index contributed by atoms with van der Waals surface area (Å²) < 4.78 is 27.7. The summed E-state index contributed by atoms with van der Waals surface area (Å²) in [6.07, 6.45) is 0.108. The quantitative estimate of drug-likeness (QED) is 0.168. The molecule has 2 amide bonds. The molecule has 0 saturated heterocycles. The molecule has 0 unspecified atom stereocenters. The normalized spacial score (nSPS) is 10.5. The van der Waals surface area contributed by atoms with Gasteiger partial charge in [-0.15, -0.1) is 0 Å². The molecule has 0 aliphatic heterocycles. The van der Waals surface area contributed by atoms with Crippen molar-refractivity contribution in [2.75, 3.05) is 19.6 Å². The summed E-state index contributed by atoms with van der Waals surface area (Å²) in [5.74, 6) is -4.85. The number of carbonyl (C=O) groups is 3. The van der Waals surface area contributed by atoms with Crippen LogP contribution in [0.25, 0.3) is 0 Å². The maximum Gasteiger partial charge on any atom is 0.491 e. The molecule has 33 heavy (non-hydrogen) atoms. The van der Waals surface area contributed by atoms with E-state index >= 15 is 0 Å². The van der Waals surface area contributed by atoms with Gasteiger partial charge in [0.25, 0.3) is 11.8 Å². The zero-order valence-electron chi connectivity index (χ0n) is 17.1. The van der Waals surface area contributed by atoms with Gasteiger partial charge in [-0.3, -0.25) is 14.4 Å². The fraction of sp³-hybridized carbons (Fsp3) is 0.211. The average Bonchev–Trinajstić information content (AvgIpc) is 2.74. The summed E-state index contributed by atoms with van der Waals surface area (Å²) in [5.41, 5.74) is -1.13. The Morgan fingerprint density at radius 3 is 1.88 bits per heavy atom. The highest BCUT2D eigenvalue weighted by molar-refractivity contribution is 6.59. The molecule has 6 N–H and O–H groups in total. The highest BCUT2D eigenvalue weighted by atomic mass is 19.1. The number of nitrogens with one attached hydrogen (secondary N) is 1. The summed E-state index contributed by atoms with van der Waals surface area (Å²) in [7, 11) is -4.11. The molecule has 0 aromatic heterocycles. The summed E-state index contributed by atoms with van der Waals surface area (Å²) in [6.45, 7) is -0.839. The fourth-order valence-electron chi connectivity index (χ4n) is 2.92. The van der Waals surface area contributed by atoms with Crippen molar-refractivity contribution in [3.8, 4) is 0 Å². The van der Waals surface area contributed by atoms with Gasteiger partial charge in [0.15, 0.2) is 0 Å². The highest BCUT2D eigenvalue weighted by Gasteiger charge is 2.23. The van der Waals surface area contributed by atoms with Crippen LogP contribution in [-0.2, 0) is 4.79 Å². The predicted octanol–water partition coefficient (Wildman–Crippen LogP) is -2.33. The lowest BCUT2D eigenvalue weighted by atomic mass is 9.79. The van der Waals surface area contributed by atoms with E-state index in [0.29, 0.717) is 0 Å². The van der Waals surface area contributed by atoms with Gasteiger partial charge in [0.1, 0.15) is 18.2 Å². The number of rotatable bonds is 10. The van der Waals surface area contributed by atoms with Gasteiger partial charge < -0.3 is 35.4 Å². The van der Waals surface area contributed by atoms with E-state index < -0.39 is 61.1 Å². The molecular formula is C19H20B2F2N2O8. The third-order valence-electron chi connectivity index (χ3n) is 4.57. The van der Waals surface area contributed by atoms with Crippen molar-refractivity contribution in [3.05, 3.63) is 59.2 Å². The second-order valence-electron chi connectivity index (χ2n) is 6.95. The minimum absolute atomic E-state index is 0.0156. The molecule has 0 atom stereocenters. The van der Waals surface area contributed by atoms with Crippen molar-refractivity contribution in [3.63, 3.8) is 0 Å². The molecular weight excluding hydrogens is 444 g/mol. The Balaban J connectivity index is 1.99. The van der Waals surface area contributed by atoms with E-state index in [0.717, 1.165) is 35.2 Å². The summed E-state index contributed by atoms with van der Waals surface area (Å²) >= 11 is 0. The van der Waals surface area contributed by atoms with Gasteiger partial charge in [0.05, 0.1) is 0 Å². The van der Waals surface area contributed by atoms with E-state index in [1.807, 2.05) is 0 Å². The Morgan fingerprint density at radius 2 is 1.39 bits per heavy atom. The molecule has 0 aliphatic carbocycles. The SMILES string of the molecule is O=C(O)CN(CCCNC(=O)c1ccc(B(O)O)c(F)c1)C(=O)c1ccc(B(O)O)c(F)c1. The second kappa shape index (κ2) is 11.5. The molecule has 2 rings (SSSR count). The Bertz CT molecular complexity index is 1040. The molecule has 2 aromatic carbocycles. The van der Waals surface area contributed by atoms with Gasteiger partial charge in [-0.25, -0.2) is 8.78 Å². The largest absolute Gasteiger partial charge is 0.491 e. The van der Waals surface area contributed by atoms with Crippen LogP contribution in [0.5, 0.6) is 0 Å². The number of hydrogen-bond donors (Lipinski definition) is 6. The molecule has 0 spiro atoms. The lowest BCUT2D eigenvalue weighted by Gasteiger charge is -2.21. The number of halogens is 2. The molecule has 0 fully saturated rings. The molecule has 0 saturated carbocycles. The standard InChI is InChI=1S/C19H20B2F2N2O8/c22-15-8-11(2-4-13(15)20(30)31)18(28)24-6-1-7-25(10-17(26)27)19(29)12-3-5-14(21(32)33)16(23)9-12/h2-5,8-9,30-33H,1,6-7,10H2,(H,24,28)(H,26,27). The average molecular weight is 464 g/mol. The fourth-order valence-corrected chi connectivity index (χ4v) is 2.92. The lowest BCUT2D eigenvalue weighted by Crippen LogP contribution is -2.39. The van der Waals surface area contributed by atoms with Crippen LogP contribution < -0.4 is 16.2 Å². The number of carbonyl (C=O) groups excluding carboxylic acids is 2. The first-order valence-corrected chi connectivity index (χ1v) is 9.61. The van der Waals surface area contributed by atoms with Gasteiger partial charge in [0, 0.05) is 35.1 Å². The van der Waals surface area contributed by atoms with Crippen molar-refractivity contribution < 1.29 is 48.4 Å². The monoisotopic (exact) mass is 464 g/mol. The van der Waals surface area contributed by atoms with E-state index in [2.05, 4.69) is 5.32 Å². The van der Waals surface area contributed by atoms with Crippen molar-refractivity contribution in [2.24, 2.45) is 0 Å². The van der Waals surface area contributed by atoms with Crippen LogP contribution in [0.4, 0.5) is 8.78 Å². The topological polar surface area (TPSA) is 168 Å². The number of carboxylic acid groups (broad SMARTS) is 1. The lowest BCUT2D eigenvalue weighted by molar-refractivity contribution is -0.137. The van der Waals surface area contributed by atoms with Crippen LogP contribution in [-0.4, -0.2) is 81.8 Å². The summed E-state index contributed by atoms with van der Waals surface area (Å²) in [4.78, 5) is 36.7. The Labute approximate surface area is 187 Å². The Hall–Kier alpha value is -3.32. The Morgan fingerprint density at radius 1 is 0.879 bits per heavy atom. The molecule has 10 nitrogen and oxygen atoms in total. The van der Waals surface area contributed by atoms with E-state index in [9.17, 15) is 23.2 Å². The van der Waals surface area contributed by atoms with Crippen molar-refractivity contribution in [1.82, 2.24) is 10.2 Å². The van der Waals surface area contributed by atoms with E-state index in [-0.39, 0.29) is 30.6 Å². The smallest absolute Gasteiger partial charge is 0.480 e.